The minimum Gasteiger partial charge on any atom is -0.369 e. The molecule has 62 valence electrons. The molecule has 0 N–H and O–H groups in total. The Hall–Kier alpha value is -0.0400. The molecule has 0 aromatic rings. The molecule has 3 aliphatic rings. The maximum Gasteiger partial charge on any atom is 0.0947 e. The fourth-order valence-corrected chi connectivity index (χ4v) is 2.86. The second kappa shape index (κ2) is 2.01. The second-order valence-electron chi connectivity index (χ2n) is 4.56. The van der Waals surface area contributed by atoms with Crippen LogP contribution in [0, 0.1) is 11.8 Å². The molecule has 1 saturated heterocycles. The van der Waals surface area contributed by atoms with Crippen LogP contribution < -0.4 is 0 Å². The van der Waals surface area contributed by atoms with Crippen molar-refractivity contribution in [3.63, 3.8) is 0 Å². The highest BCUT2D eigenvalue weighted by atomic mass is 16.6. The Bertz CT molecular complexity index is 172. The highest BCUT2D eigenvalue weighted by molar-refractivity contribution is 5.09. The largest absolute Gasteiger partial charge is 0.369 e. The molecular formula is C10H16O. The van der Waals surface area contributed by atoms with Gasteiger partial charge >= 0.3 is 0 Å². The van der Waals surface area contributed by atoms with Gasteiger partial charge in [-0.3, -0.25) is 0 Å². The van der Waals surface area contributed by atoms with E-state index in [1.165, 1.54) is 38.5 Å². The molecule has 1 nitrogen and oxygen atoms in total. The van der Waals surface area contributed by atoms with Crippen LogP contribution in [-0.4, -0.2) is 12.2 Å². The maximum atomic E-state index is 5.63. The lowest BCUT2D eigenvalue weighted by Gasteiger charge is -2.14. The Morgan fingerprint density at radius 1 is 1.18 bits per heavy atom. The third-order valence-corrected chi connectivity index (χ3v) is 3.79. The second-order valence-corrected chi connectivity index (χ2v) is 4.56. The molecule has 0 aromatic carbocycles. The van der Waals surface area contributed by atoms with Gasteiger partial charge < -0.3 is 4.74 Å². The fraction of sp³-hybridized carbons (Fsp3) is 1.00. The van der Waals surface area contributed by atoms with Crippen molar-refractivity contribution in [3.05, 3.63) is 0 Å². The average molecular weight is 152 g/mol. The lowest BCUT2D eigenvalue weighted by molar-refractivity contribution is 0.234. The standard InChI is InChI=1S/C10H16O/c1-2-4-8-6-9(8)10(5-3-1)7-11-10/h8-9H,1-7H2. The molecule has 3 fully saturated rings. The first-order chi connectivity index (χ1) is 5.41. The van der Waals surface area contributed by atoms with Crippen LogP contribution in [0.4, 0.5) is 0 Å². The van der Waals surface area contributed by atoms with Crippen molar-refractivity contribution in [2.45, 2.75) is 44.1 Å². The van der Waals surface area contributed by atoms with Crippen molar-refractivity contribution in [1.82, 2.24) is 0 Å². The van der Waals surface area contributed by atoms with E-state index in [9.17, 15) is 0 Å². The maximum absolute atomic E-state index is 5.63. The quantitative estimate of drug-likeness (QED) is 0.485. The van der Waals surface area contributed by atoms with Gasteiger partial charge in [0.2, 0.25) is 0 Å². The summed E-state index contributed by atoms with van der Waals surface area (Å²) in [5.41, 5.74) is 0.436. The van der Waals surface area contributed by atoms with Gasteiger partial charge in [-0.25, -0.2) is 0 Å². The van der Waals surface area contributed by atoms with E-state index < -0.39 is 0 Å². The van der Waals surface area contributed by atoms with Crippen LogP contribution in [0.1, 0.15) is 38.5 Å². The van der Waals surface area contributed by atoms with Gasteiger partial charge in [0.05, 0.1) is 12.2 Å². The van der Waals surface area contributed by atoms with E-state index >= 15 is 0 Å². The average Bonchev–Trinajstić information content (AvgIpc) is 2.76. The summed E-state index contributed by atoms with van der Waals surface area (Å²) in [6.45, 7) is 1.09. The number of hydrogen-bond donors (Lipinski definition) is 0. The Labute approximate surface area is 68.1 Å². The van der Waals surface area contributed by atoms with Gasteiger partial charge in [-0.05, 0) is 24.7 Å². The van der Waals surface area contributed by atoms with Crippen molar-refractivity contribution >= 4 is 0 Å². The molecule has 3 unspecified atom stereocenters. The summed E-state index contributed by atoms with van der Waals surface area (Å²) in [6, 6.07) is 0. The molecule has 3 rings (SSSR count). The zero-order valence-electron chi connectivity index (χ0n) is 7.01. The van der Waals surface area contributed by atoms with E-state index in [-0.39, 0.29) is 0 Å². The van der Waals surface area contributed by atoms with E-state index in [4.69, 9.17) is 4.74 Å². The van der Waals surface area contributed by atoms with Gasteiger partial charge in [0, 0.05) is 0 Å². The summed E-state index contributed by atoms with van der Waals surface area (Å²) in [7, 11) is 0. The van der Waals surface area contributed by atoms with Crippen LogP contribution in [0.5, 0.6) is 0 Å². The van der Waals surface area contributed by atoms with Crippen molar-refractivity contribution in [2.24, 2.45) is 11.8 Å². The Morgan fingerprint density at radius 3 is 2.91 bits per heavy atom. The molecule has 0 radical (unpaired) electrons. The summed E-state index contributed by atoms with van der Waals surface area (Å²) in [6.07, 6.45) is 8.71. The Morgan fingerprint density at radius 2 is 2.09 bits per heavy atom. The number of hydrogen-bond acceptors (Lipinski definition) is 1. The van der Waals surface area contributed by atoms with Gasteiger partial charge in [-0.15, -0.1) is 0 Å². The Balaban J connectivity index is 1.74. The van der Waals surface area contributed by atoms with Gasteiger partial charge in [0.1, 0.15) is 0 Å². The highest BCUT2D eigenvalue weighted by Crippen LogP contribution is 2.58. The molecule has 0 aromatic heterocycles. The van der Waals surface area contributed by atoms with Crippen molar-refractivity contribution in [1.29, 1.82) is 0 Å². The summed E-state index contributed by atoms with van der Waals surface area (Å²) >= 11 is 0. The number of fused-ring (bicyclic) bond motifs is 2. The smallest absolute Gasteiger partial charge is 0.0947 e. The number of rotatable bonds is 0. The predicted molar refractivity (Wildman–Crippen MR) is 43.4 cm³/mol. The highest BCUT2D eigenvalue weighted by Gasteiger charge is 2.60. The zero-order chi connectivity index (χ0) is 7.31. The van der Waals surface area contributed by atoms with Gasteiger partial charge in [-0.1, -0.05) is 25.7 Å². The topological polar surface area (TPSA) is 12.5 Å². The van der Waals surface area contributed by atoms with Gasteiger partial charge in [0.15, 0.2) is 0 Å². The SMILES string of the molecule is C1CCC2CC2C2(CC1)CO2. The molecule has 2 saturated carbocycles. The van der Waals surface area contributed by atoms with Crippen LogP contribution >= 0.6 is 0 Å². The molecule has 0 bridgehead atoms. The summed E-state index contributed by atoms with van der Waals surface area (Å²) in [4.78, 5) is 0. The van der Waals surface area contributed by atoms with E-state index in [0.29, 0.717) is 5.60 Å². The van der Waals surface area contributed by atoms with Crippen LogP contribution in [0.3, 0.4) is 0 Å². The molecule has 1 spiro atoms. The monoisotopic (exact) mass is 152 g/mol. The van der Waals surface area contributed by atoms with Crippen molar-refractivity contribution in [2.75, 3.05) is 6.61 Å². The fourth-order valence-electron chi connectivity index (χ4n) is 2.86. The molecule has 0 amide bonds. The van der Waals surface area contributed by atoms with E-state index in [0.717, 1.165) is 18.4 Å². The molecule has 2 aliphatic carbocycles. The lowest BCUT2D eigenvalue weighted by Crippen LogP contribution is -2.16. The third kappa shape index (κ3) is 0.936. The minimum atomic E-state index is 0.436. The third-order valence-electron chi connectivity index (χ3n) is 3.79. The van der Waals surface area contributed by atoms with E-state index in [1.54, 1.807) is 0 Å². The minimum absolute atomic E-state index is 0.436. The molecule has 1 heterocycles. The summed E-state index contributed by atoms with van der Waals surface area (Å²) in [5.74, 6) is 2.06. The zero-order valence-corrected chi connectivity index (χ0v) is 7.01. The number of epoxide rings is 1. The first-order valence-electron chi connectivity index (χ1n) is 5.05. The predicted octanol–water partition coefficient (Wildman–Crippen LogP) is 2.36. The molecule has 1 aliphatic heterocycles. The lowest BCUT2D eigenvalue weighted by atomic mass is 9.91. The van der Waals surface area contributed by atoms with Crippen LogP contribution in [0.25, 0.3) is 0 Å². The molecule has 11 heavy (non-hydrogen) atoms. The van der Waals surface area contributed by atoms with Crippen LogP contribution in [0.2, 0.25) is 0 Å². The summed E-state index contributed by atoms with van der Waals surface area (Å²) in [5, 5.41) is 0. The number of ether oxygens (including phenoxy) is 1. The van der Waals surface area contributed by atoms with Gasteiger partial charge in [-0.2, -0.15) is 0 Å². The molecular weight excluding hydrogens is 136 g/mol. The first-order valence-corrected chi connectivity index (χ1v) is 5.05. The van der Waals surface area contributed by atoms with Crippen molar-refractivity contribution in [3.8, 4) is 0 Å². The Kier molecular flexibility index (Phi) is 1.18. The normalized spacial score (nSPS) is 54.5. The molecule has 1 heteroatoms. The van der Waals surface area contributed by atoms with E-state index in [2.05, 4.69) is 0 Å². The van der Waals surface area contributed by atoms with Crippen LogP contribution in [-0.2, 0) is 4.74 Å². The first kappa shape index (κ1) is 6.47. The summed E-state index contributed by atoms with van der Waals surface area (Å²) < 4.78 is 5.63. The van der Waals surface area contributed by atoms with Gasteiger partial charge in [0.25, 0.3) is 0 Å². The van der Waals surface area contributed by atoms with Crippen molar-refractivity contribution < 1.29 is 4.74 Å². The molecule has 3 atom stereocenters. The van der Waals surface area contributed by atoms with Crippen LogP contribution in [0.15, 0.2) is 0 Å². The van der Waals surface area contributed by atoms with E-state index in [1.807, 2.05) is 0 Å².